The van der Waals surface area contributed by atoms with E-state index in [4.69, 9.17) is 10.2 Å². The third-order valence-electron chi connectivity index (χ3n) is 5.71. The Morgan fingerprint density at radius 3 is 1.34 bits per heavy atom. The van der Waals surface area contributed by atoms with Gasteiger partial charge in [0.1, 0.15) is 0 Å². The first-order valence-electron chi connectivity index (χ1n) is 11.9. The molecule has 0 bridgehead atoms. The van der Waals surface area contributed by atoms with Crippen molar-refractivity contribution in [1.82, 2.24) is 10.3 Å². The van der Waals surface area contributed by atoms with Gasteiger partial charge in [-0.05, 0) is 31.0 Å². The minimum atomic E-state index is -1.21. The molecule has 3 aromatic rings. The van der Waals surface area contributed by atoms with Gasteiger partial charge in [-0.3, -0.25) is 65.7 Å². The normalized spacial score (nSPS) is 13.6. The number of hydrogen-bond acceptors (Lipinski definition) is 16. The standard InChI is InChI=1S/C10H14N2.2C6H3N3O7/c1-2-7-12-10(5-1)9-4-3-6-11-8-9;2*10-6-4(8(13)14)1-3(7(11)12)2-5(6)9(15)16/h3-4,6,8,10,12H,1-2,5,7H2;2*1-2,10H/t10-;;/m0../s1. The Morgan fingerprint density at radius 1 is 0.659 bits per heavy atom. The summed E-state index contributed by atoms with van der Waals surface area (Å²) in [4.78, 5) is 59.7. The summed E-state index contributed by atoms with van der Waals surface area (Å²) < 4.78 is 0. The largest absolute Gasteiger partial charge is 0.497 e. The Hall–Kier alpha value is -6.45. The summed E-state index contributed by atoms with van der Waals surface area (Å²) in [6, 6.07) is 6.49. The first kappa shape index (κ1) is 33.8. The monoisotopic (exact) mass is 620 g/mol. The molecule has 1 aliphatic heterocycles. The van der Waals surface area contributed by atoms with Gasteiger partial charge in [0.25, 0.3) is 22.9 Å². The summed E-state index contributed by atoms with van der Waals surface area (Å²) in [5.41, 5.74) is -4.67. The summed E-state index contributed by atoms with van der Waals surface area (Å²) in [7, 11) is 0. The molecule has 0 aliphatic carbocycles. The zero-order chi connectivity index (χ0) is 33.1. The maximum atomic E-state index is 10.4. The minimum absolute atomic E-state index is 0.447. The molecule has 0 spiro atoms. The number of nitro benzene ring substituents is 6. The average molecular weight is 620 g/mol. The first-order valence-corrected chi connectivity index (χ1v) is 11.9. The molecule has 0 unspecified atom stereocenters. The lowest BCUT2D eigenvalue weighted by molar-refractivity contribution is -0.404. The van der Waals surface area contributed by atoms with E-state index >= 15 is 0 Å². The second kappa shape index (κ2) is 15.0. The van der Waals surface area contributed by atoms with E-state index in [-0.39, 0.29) is 0 Å². The van der Waals surface area contributed by atoms with E-state index in [9.17, 15) is 60.7 Å². The Labute approximate surface area is 243 Å². The van der Waals surface area contributed by atoms with Crippen LogP contribution in [0, 0.1) is 60.7 Å². The van der Waals surface area contributed by atoms with E-state index in [1.165, 1.54) is 24.8 Å². The van der Waals surface area contributed by atoms with Crippen LogP contribution in [0.25, 0.3) is 0 Å². The van der Waals surface area contributed by atoms with Crippen molar-refractivity contribution in [2.45, 2.75) is 25.3 Å². The second-order valence-electron chi connectivity index (χ2n) is 8.50. The van der Waals surface area contributed by atoms with Crippen molar-refractivity contribution in [3.63, 3.8) is 0 Å². The van der Waals surface area contributed by atoms with Crippen LogP contribution in [-0.4, -0.2) is 51.3 Å². The molecule has 1 fully saturated rings. The number of aromatic nitrogens is 1. The van der Waals surface area contributed by atoms with E-state index < -0.39 is 75.2 Å². The number of phenols is 2. The molecule has 3 N–H and O–H groups in total. The highest BCUT2D eigenvalue weighted by molar-refractivity contribution is 5.65. The number of hydrogen-bond donors (Lipinski definition) is 3. The molecule has 22 heteroatoms. The van der Waals surface area contributed by atoms with Crippen molar-refractivity contribution >= 4 is 34.1 Å². The fourth-order valence-electron chi connectivity index (χ4n) is 3.67. The number of nitrogens with one attached hydrogen (secondary N) is 1. The van der Waals surface area contributed by atoms with Crippen LogP contribution in [0.4, 0.5) is 34.1 Å². The summed E-state index contributed by atoms with van der Waals surface area (Å²) in [5, 5.41) is 83.9. The van der Waals surface area contributed by atoms with Gasteiger partial charge in [-0.1, -0.05) is 12.5 Å². The van der Waals surface area contributed by atoms with Crippen molar-refractivity contribution < 1.29 is 39.8 Å². The average Bonchev–Trinajstić information content (AvgIpc) is 2.98. The van der Waals surface area contributed by atoms with Gasteiger partial charge >= 0.3 is 22.7 Å². The Bertz CT molecular complexity index is 1430. The molecule has 1 atom stereocenters. The molecule has 4 rings (SSSR count). The van der Waals surface area contributed by atoms with Gasteiger partial charge in [0, 0.05) is 18.4 Å². The minimum Gasteiger partial charge on any atom is -0.497 e. The third-order valence-corrected chi connectivity index (χ3v) is 5.71. The molecule has 1 aliphatic rings. The topological polar surface area (TPSA) is 324 Å². The molecule has 2 aromatic carbocycles. The van der Waals surface area contributed by atoms with Crippen LogP contribution in [0.15, 0.2) is 48.8 Å². The Balaban J connectivity index is 0.000000232. The molecule has 1 aromatic heterocycles. The van der Waals surface area contributed by atoms with Crippen LogP contribution in [0.3, 0.4) is 0 Å². The van der Waals surface area contributed by atoms with Crippen molar-refractivity contribution in [2.24, 2.45) is 0 Å². The SMILES string of the molecule is O=[N+]([O-])c1cc([N+](=O)[O-])c(O)c([N+](=O)[O-])c1.O=[N+]([O-])c1cc([N+](=O)[O-])c(O)c([N+](=O)[O-])c1.c1cncc([C@@H]2CCCCN2)c1. The lowest BCUT2D eigenvalue weighted by Crippen LogP contribution is -2.26. The van der Waals surface area contributed by atoms with Gasteiger partial charge in [-0.15, -0.1) is 0 Å². The highest BCUT2D eigenvalue weighted by atomic mass is 16.7. The zero-order valence-corrected chi connectivity index (χ0v) is 21.9. The number of nitro groups is 6. The number of aromatic hydroxyl groups is 2. The molecular weight excluding hydrogens is 600 g/mol. The molecule has 0 saturated carbocycles. The van der Waals surface area contributed by atoms with E-state index in [1.807, 2.05) is 18.5 Å². The highest BCUT2D eigenvalue weighted by Crippen LogP contribution is 2.40. The summed E-state index contributed by atoms with van der Waals surface area (Å²) in [6.45, 7) is 1.15. The number of phenolic OH excluding ortho intramolecular Hbond substituents is 2. The van der Waals surface area contributed by atoms with Crippen LogP contribution < -0.4 is 5.32 Å². The number of benzene rings is 2. The van der Waals surface area contributed by atoms with Gasteiger partial charge in [-0.2, -0.15) is 0 Å². The molecule has 22 nitrogen and oxygen atoms in total. The Morgan fingerprint density at radius 2 is 1.07 bits per heavy atom. The van der Waals surface area contributed by atoms with Crippen LogP contribution in [0.5, 0.6) is 11.5 Å². The lowest BCUT2D eigenvalue weighted by Gasteiger charge is -2.23. The lowest BCUT2D eigenvalue weighted by atomic mass is 9.99. The summed E-state index contributed by atoms with van der Waals surface area (Å²) in [5.74, 6) is -2.42. The van der Waals surface area contributed by atoms with Crippen LogP contribution >= 0.6 is 0 Å². The fraction of sp³-hybridized carbons (Fsp3) is 0.227. The maximum absolute atomic E-state index is 10.4. The maximum Gasteiger partial charge on any atom is 0.324 e. The zero-order valence-electron chi connectivity index (χ0n) is 21.9. The van der Waals surface area contributed by atoms with Crippen LogP contribution in [-0.2, 0) is 0 Å². The third kappa shape index (κ3) is 8.77. The molecule has 2 heterocycles. The van der Waals surface area contributed by atoms with Crippen molar-refractivity contribution in [1.29, 1.82) is 0 Å². The first-order chi connectivity index (χ1) is 20.6. The predicted octanol–water partition coefficient (Wildman–Crippen LogP) is 4.13. The molecular formula is C22H20N8O14. The highest BCUT2D eigenvalue weighted by Gasteiger charge is 2.31. The van der Waals surface area contributed by atoms with E-state index in [0.29, 0.717) is 30.3 Å². The summed E-state index contributed by atoms with van der Waals surface area (Å²) in [6.07, 6.45) is 7.70. The van der Waals surface area contributed by atoms with E-state index in [2.05, 4.69) is 16.4 Å². The number of nitrogens with zero attached hydrogens (tertiary/aromatic N) is 7. The van der Waals surface area contributed by atoms with Gasteiger partial charge in [0.05, 0.1) is 53.8 Å². The smallest absolute Gasteiger partial charge is 0.324 e. The van der Waals surface area contributed by atoms with Crippen LogP contribution in [0.2, 0.25) is 0 Å². The van der Waals surface area contributed by atoms with Crippen molar-refractivity contribution in [3.8, 4) is 11.5 Å². The number of piperidine rings is 1. The molecule has 232 valence electrons. The van der Waals surface area contributed by atoms with Crippen LogP contribution in [0.1, 0.15) is 30.9 Å². The molecule has 44 heavy (non-hydrogen) atoms. The van der Waals surface area contributed by atoms with Gasteiger partial charge in [0.2, 0.25) is 0 Å². The number of rotatable bonds is 7. The van der Waals surface area contributed by atoms with Gasteiger partial charge in [-0.25, -0.2) is 0 Å². The quantitative estimate of drug-likeness (QED) is 0.247. The van der Waals surface area contributed by atoms with Crippen molar-refractivity contribution in [3.05, 3.63) is 115 Å². The molecule has 0 amide bonds. The van der Waals surface area contributed by atoms with Gasteiger partial charge in [0.15, 0.2) is 0 Å². The van der Waals surface area contributed by atoms with Crippen molar-refractivity contribution in [2.75, 3.05) is 6.54 Å². The molecule has 1 saturated heterocycles. The van der Waals surface area contributed by atoms with Gasteiger partial charge < -0.3 is 15.5 Å². The fourth-order valence-corrected chi connectivity index (χ4v) is 3.67. The number of pyridine rings is 1. The molecule has 0 radical (unpaired) electrons. The number of non-ortho nitro benzene ring substituents is 2. The van der Waals surface area contributed by atoms with E-state index in [0.717, 1.165) is 6.54 Å². The second-order valence-corrected chi connectivity index (χ2v) is 8.50. The summed E-state index contributed by atoms with van der Waals surface area (Å²) >= 11 is 0. The Kier molecular flexibility index (Phi) is 11.5. The predicted molar refractivity (Wildman–Crippen MR) is 145 cm³/mol. The van der Waals surface area contributed by atoms with E-state index in [1.54, 1.807) is 0 Å².